The van der Waals surface area contributed by atoms with Crippen molar-refractivity contribution in [1.82, 2.24) is 15.4 Å². The van der Waals surface area contributed by atoms with Crippen LogP contribution < -0.4 is 10.2 Å². The Labute approximate surface area is 167 Å². The summed E-state index contributed by atoms with van der Waals surface area (Å²) in [4.78, 5) is 21.7. The lowest BCUT2D eigenvalue weighted by atomic mass is 10.0. The first-order chi connectivity index (χ1) is 14.3. The number of benzene rings is 2. The van der Waals surface area contributed by atoms with E-state index in [0.717, 1.165) is 16.5 Å². The molecule has 4 rings (SSSR count). The van der Waals surface area contributed by atoms with Gasteiger partial charge >= 0.3 is 0 Å². The van der Waals surface area contributed by atoms with Gasteiger partial charge in [-0.15, -0.1) is 0 Å². The van der Waals surface area contributed by atoms with Crippen molar-refractivity contribution in [2.24, 2.45) is 5.10 Å². The van der Waals surface area contributed by atoms with E-state index in [0.29, 0.717) is 22.7 Å². The highest BCUT2D eigenvalue weighted by Crippen LogP contribution is 2.31. The molecule has 0 saturated carbocycles. The summed E-state index contributed by atoms with van der Waals surface area (Å²) in [5.74, 6) is 0.363. The molecule has 0 unspecified atom stereocenters. The van der Waals surface area contributed by atoms with Crippen molar-refractivity contribution < 1.29 is 9.53 Å². The first kappa shape index (κ1) is 18.3. The van der Waals surface area contributed by atoms with Gasteiger partial charge in [-0.3, -0.25) is 9.78 Å². The molecule has 0 aliphatic heterocycles. The lowest BCUT2D eigenvalue weighted by Gasteiger charge is -2.11. The second kappa shape index (κ2) is 8.31. The van der Waals surface area contributed by atoms with Crippen molar-refractivity contribution in [3.63, 3.8) is 0 Å². The molecule has 0 bridgehead atoms. The van der Waals surface area contributed by atoms with E-state index in [1.165, 1.54) is 6.21 Å². The van der Waals surface area contributed by atoms with Crippen LogP contribution >= 0.6 is 0 Å². The van der Waals surface area contributed by atoms with Crippen molar-refractivity contribution in [1.29, 1.82) is 0 Å². The van der Waals surface area contributed by atoms with Gasteiger partial charge in [0.1, 0.15) is 5.75 Å². The Hall–Kier alpha value is -4.06. The monoisotopic (exact) mass is 382 g/mol. The standard InChI is InChI=1S/C23H18N4O2/c1-29-22-12-5-3-10-18(22)21-14-19(17-9-2-4-11-20(17)26-21)23(28)27-25-15-16-8-6-7-13-24-16/h2-15H,1H3,(H,27,28)/b25-15-. The normalized spacial score (nSPS) is 10.9. The summed E-state index contributed by atoms with van der Waals surface area (Å²) in [5.41, 5.74) is 5.90. The van der Waals surface area contributed by atoms with Crippen molar-refractivity contribution in [2.45, 2.75) is 0 Å². The van der Waals surface area contributed by atoms with Gasteiger partial charge in [-0.2, -0.15) is 5.10 Å². The van der Waals surface area contributed by atoms with Crippen LogP contribution in [-0.4, -0.2) is 29.2 Å². The van der Waals surface area contributed by atoms with Gasteiger partial charge in [0, 0.05) is 17.1 Å². The zero-order valence-corrected chi connectivity index (χ0v) is 15.7. The van der Waals surface area contributed by atoms with Gasteiger partial charge in [0.15, 0.2) is 0 Å². The fourth-order valence-corrected chi connectivity index (χ4v) is 3.03. The minimum atomic E-state index is -0.327. The van der Waals surface area contributed by atoms with Gasteiger partial charge in [0.05, 0.1) is 35.8 Å². The minimum Gasteiger partial charge on any atom is -0.496 e. The number of aromatic nitrogens is 2. The van der Waals surface area contributed by atoms with Gasteiger partial charge in [0.25, 0.3) is 5.91 Å². The third kappa shape index (κ3) is 3.96. The number of ether oxygens (including phenoxy) is 1. The molecule has 0 aliphatic carbocycles. The number of fused-ring (bicyclic) bond motifs is 1. The lowest BCUT2D eigenvalue weighted by molar-refractivity contribution is 0.0956. The van der Waals surface area contributed by atoms with Crippen LogP contribution in [0.1, 0.15) is 16.1 Å². The molecule has 0 saturated heterocycles. The fraction of sp³-hybridized carbons (Fsp3) is 0.0435. The van der Waals surface area contributed by atoms with E-state index in [1.807, 2.05) is 60.7 Å². The Bertz CT molecular complexity index is 1190. The number of hydrogen-bond acceptors (Lipinski definition) is 5. The Balaban J connectivity index is 1.73. The van der Waals surface area contributed by atoms with E-state index >= 15 is 0 Å². The Kier molecular flexibility index (Phi) is 5.25. The fourth-order valence-electron chi connectivity index (χ4n) is 3.03. The van der Waals surface area contributed by atoms with Crippen molar-refractivity contribution >= 4 is 23.0 Å². The van der Waals surface area contributed by atoms with Crippen LogP contribution in [-0.2, 0) is 0 Å². The van der Waals surface area contributed by atoms with Crippen LogP contribution in [0.25, 0.3) is 22.2 Å². The molecule has 4 aromatic rings. The number of amides is 1. The molecular weight excluding hydrogens is 364 g/mol. The molecule has 6 heteroatoms. The summed E-state index contributed by atoms with van der Waals surface area (Å²) in [6.45, 7) is 0. The van der Waals surface area contributed by atoms with E-state index in [1.54, 1.807) is 25.4 Å². The number of para-hydroxylation sites is 2. The Morgan fingerprint density at radius 3 is 2.66 bits per heavy atom. The van der Waals surface area contributed by atoms with Crippen LogP contribution in [0.3, 0.4) is 0 Å². The minimum absolute atomic E-state index is 0.327. The maximum Gasteiger partial charge on any atom is 0.272 e. The Morgan fingerprint density at radius 2 is 1.83 bits per heavy atom. The van der Waals surface area contributed by atoms with Crippen LogP contribution in [0.5, 0.6) is 5.75 Å². The van der Waals surface area contributed by atoms with Crippen molar-refractivity contribution in [2.75, 3.05) is 7.11 Å². The van der Waals surface area contributed by atoms with Gasteiger partial charge < -0.3 is 4.74 Å². The Morgan fingerprint density at radius 1 is 1.03 bits per heavy atom. The predicted molar refractivity (Wildman–Crippen MR) is 113 cm³/mol. The number of hydrazone groups is 1. The molecular formula is C23H18N4O2. The highest BCUT2D eigenvalue weighted by Gasteiger charge is 2.15. The molecule has 0 fully saturated rings. The second-order valence-corrected chi connectivity index (χ2v) is 6.23. The van der Waals surface area contributed by atoms with Crippen LogP contribution in [0, 0.1) is 0 Å². The summed E-state index contributed by atoms with van der Waals surface area (Å²) in [7, 11) is 1.61. The van der Waals surface area contributed by atoms with Gasteiger partial charge in [-0.05, 0) is 36.4 Å². The average molecular weight is 382 g/mol. The van der Waals surface area contributed by atoms with Crippen LogP contribution in [0.15, 0.2) is 84.1 Å². The molecule has 0 radical (unpaired) electrons. The number of methoxy groups -OCH3 is 1. The number of carbonyl (C=O) groups is 1. The smallest absolute Gasteiger partial charge is 0.272 e. The summed E-state index contributed by atoms with van der Waals surface area (Å²) < 4.78 is 5.46. The van der Waals surface area contributed by atoms with Gasteiger partial charge in [-0.1, -0.05) is 36.4 Å². The number of pyridine rings is 2. The number of hydrogen-bond donors (Lipinski definition) is 1. The van der Waals surface area contributed by atoms with Gasteiger partial charge in [-0.25, -0.2) is 10.4 Å². The summed E-state index contributed by atoms with van der Waals surface area (Å²) in [5, 5.41) is 4.78. The van der Waals surface area contributed by atoms with E-state index in [2.05, 4.69) is 15.5 Å². The third-order valence-corrected chi connectivity index (χ3v) is 4.39. The molecule has 2 aromatic carbocycles. The van der Waals surface area contributed by atoms with Crippen molar-refractivity contribution in [3.05, 3.63) is 90.3 Å². The van der Waals surface area contributed by atoms with E-state index in [4.69, 9.17) is 9.72 Å². The number of rotatable bonds is 5. The summed E-state index contributed by atoms with van der Waals surface area (Å²) in [6, 6.07) is 22.3. The zero-order chi connectivity index (χ0) is 20.1. The lowest BCUT2D eigenvalue weighted by Crippen LogP contribution is -2.18. The average Bonchev–Trinajstić information content (AvgIpc) is 2.79. The molecule has 142 valence electrons. The molecule has 1 amide bonds. The summed E-state index contributed by atoms with van der Waals surface area (Å²) in [6.07, 6.45) is 3.17. The molecule has 2 heterocycles. The topological polar surface area (TPSA) is 76.5 Å². The predicted octanol–water partition coefficient (Wildman–Crippen LogP) is 4.07. The van der Waals surface area contributed by atoms with Gasteiger partial charge in [0.2, 0.25) is 0 Å². The van der Waals surface area contributed by atoms with Crippen LogP contribution in [0.4, 0.5) is 0 Å². The molecule has 0 spiro atoms. The first-order valence-electron chi connectivity index (χ1n) is 9.04. The molecule has 29 heavy (non-hydrogen) atoms. The third-order valence-electron chi connectivity index (χ3n) is 4.39. The summed E-state index contributed by atoms with van der Waals surface area (Å²) >= 11 is 0. The molecule has 1 N–H and O–H groups in total. The SMILES string of the molecule is COc1ccccc1-c1cc(C(=O)N/N=C\c2ccccn2)c2ccccc2n1. The number of nitrogens with zero attached hydrogens (tertiary/aromatic N) is 3. The second-order valence-electron chi connectivity index (χ2n) is 6.23. The van der Waals surface area contributed by atoms with E-state index in [-0.39, 0.29) is 5.91 Å². The van der Waals surface area contributed by atoms with E-state index in [9.17, 15) is 4.79 Å². The molecule has 0 atom stereocenters. The maximum absolute atomic E-state index is 12.9. The molecule has 0 aliphatic rings. The zero-order valence-electron chi connectivity index (χ0n) is 15.7. The largest absolute Gasteiger partial charge is 0.496 e. The number of carbonyl (C=O) groups excluding carboxylic acids is 1. The maximum atomic E-state index is 12.9. The molecule has 6 nitrogen and oxygen atoms in total. The van der Waals surface area contributed by atoms with Crippen molar-refractivity contribution in [3.8, 4) is 17.0 Å². The molecule has 2 aromatic heterocycles. The first-order valence-corrected chi connectivity index (χ1v) is 9.04. The quantitative estimate of drug-likeness (QED) is 0.417. The number of nitrogens with one attached hydrogen (secondary N) is 1. The van der Waals surface area contributed by atoms with E-state index < -0.39 is 0 Å². The highest BCUT2D eigenvalue weighted by atomic mass is 16.5. The highest BCUT2D eigenvalue weighted by molar-refractivity contribution is 6.07. The van der Waals surface area contributed by atoms with Crippen LogP contribution in [0.2, 0.25) is 0 Å².